The normalized spacial score (nSPS) is 11.4. The number of hydrogen-bond donors (Lipinski definition) is 1. The lowest BCUT2D eigenvalue weighted by Gasteiger charge is -2.27. The summed E-state index contributed by atoms with van der Waals surface area (Å²) in [5, 5.41) is 3.92. The monoisotopic (exact) mass is 608 g/mol. The van der Waals surface area contributed by atoms with E-state index in [0.29, 0.717) is 22.3 Å². The van der Waals surface area contributed by atoms with E-state index >= 15 is 0 Å². The van der Waals surface area contributed by atoms with Gasteiger partial charge < -0.3 is 14.6 Å². The number of fused-ring (bicyclic) bond motifs is 1. The number of halogens is 3. The van der Waals surface area contributed by atoms with Gasteiger partial charge in [-0.05, 0) is 49.6 Å². The highest BCUT2D eigenvalue weighted by Gasteiger charge is 2.27. The van der Waals surface area contributed by atoms with Crippen molar-refractivity contribution in [2.75, 3.05) is 6.61 Å². The van der Waals surface area contributed by atoms with Gasteiger partial charge in [0.15, 0.2) is 0 Å². The van der Waals surface area contributed by atoms with Crippen LogP contribution in [0.5, 0.6) is 0 Å². The number of rotatable bonds is 9. The quantitative estimate of drug-likeness (QED) is 0.174. The Balaban J connectivity index is 0.00000405. The lowest BCUT2D eigenvalue weighted by molar-refractivity contribution is 0.0524. The Kier molecular flexibility index (Phi) is 9.61. The Morgan fingerprint density at radius 3 is 2.17 bits per heavy atom. The summed E-state index contributed by atoms with van der Waals surface area (Å²) in [6, 6.07) is 23.3. The molecule has 5 aromatic rings. The molecule has 0 aliphatic heterocycles. The molecule has 218 valence electrons. The maximum atomic E-state index is 14.7. The second kappa shape index (κ2) is 13.0. The Hall–Kier alpha value is -3.85. The molecule has 1 N–H and O–H groups in total. The van der Waals surface area contributed by atoms with Crippen LogP contribution in [0.1, 0.15) is 47.8 Å². The summed E-state index contributed by atoms with van der Waals surface area (Å²) in [5.41, 5.74) is 1.40. The number of hydrogen-bond acceptors (Lipinski definition) is 5. The van der Waals surface area contributed by atoms with Crippen molar-refractivity contribution >= 4 is 39.9 Å². The van der Waals surface area contributed by atoms with E-state index in [9.17, 15) is 18.4 Å². The lowest BCUT2D eigenvalue weighted by Crippen LogP contribution is -2.36. The minimum absolute atomic E-state index is 0. The second-order valence-corrected chi connectivity index (χ2v) is 11.2. The fourth-order valence-electron chi connectivity index (χ4n) is 4.88. The summed E-state index contributed by atoms with van der Waals surface area (Å²) in [7, 11) is 0. The van der Waals surface area contributed by atoms with Gasteiger partial charge >= 0.3 is 5.97 Å². The van der Waals surface area contributed by atoms with Gasteiger partial charge in [0, 0.05) is 28.7 Å². The van der Waals surface area contributed by atoms with Crippen LogP contribution in [0.4, 0.5) is 8.78 Å². The van der Waals surface area contributed by atoms with E-state index < -0.39 is 28.6 Å². The molecule has 0 saturated heterocycles. The van der Waals surface area contributed by atoms with Gasteiger partial charge in [-0.3, -0.25) is 4.79 Å². The zero-order valence-electron chi connectivity index (χ0n) is 23.4. The van der Waals surface area contributed by atoms with Crippen molar-refractivity contribution in [3.8, 4) is 10.4 Å². The average molecular weight is 609 g/mol. The SMILES string of the molecule is CCOC(=O)c1cn(Cc2c(F)cccc2F)c2sc(-c3ccccc3)c(CNC(C)(C)c3ccccc3)c2c1=O.Cl. The number of ether oxygens (including phenoxy) is 1. The summed E-state index contributed by atoms with van der Waals surface area (Å²) >= 11 is 1.35. The average Bonchev–Trinajstić information content (AvgIpc) is 3.36. The standard InChI is InChI=1S/C33H30F2N2O3S.ClH/c1-4-40-32(39)25-20-37(19-24-26(34)16-11-17-27(24)35)31-28(29(25)38)23(30(41-31)21-12-7-5-8-13-21)18-36-33(2,3)22-14-9-6-10-15-22;/h5-17,20,36H,4,18-19H2,1-3H3;1H. The summed E-state index contributed by atoms with van der Waals surface area (Å²) in [4.78, 5) is 28.2. The first-order valence-electron chi connectivity index (χ1n) is 13.4. The second-order valence-electron chi connectivity index (χ2n) is 10.2. The van der Waals surface area contributed by atoms with Crippen LogP contribution in [0.25, 0.3) is 20.7 Å². The van der Waals surface area contributed by atoms with Crippen LogP contribution in [-0.2, 0) is 23.4 Å². The van der Waals surface area contributed by atoms with Gasteiger partial charge in [0.05, 0.1) is 18.5 Å². The highest BCUT2D eigenvalue weighted by molar-refractivity contribution is 7.22. The molecule has 0 fully saturated rings. The van der Waals surface area contributed by atoms with Gasteiger partial charge in [-0.1, -0.05) is 66.7 Å². The molecule has 0 saturated carbocycles. The smallest absolute Gasteiger partial charge is 0.343 e. The van der Waals surface area contributed by atoms with Gasteiger partial charge in [0.25, 0.3) is 0 Å². The Morgan fingerprint density at radius 2 is 1.55 bits per heavy atom. The van der Waals surface area contributed by atoms with E-state index in [2.05, 4.69) is 19.2 Å². The molecule has 0 bridgehead atoms. The molecule has 5 nitrogen and oxygen atoms in total. The molecule has 2 heterocycles. The third-order valence-corrected chi connectivity index (χ3v) is 8.45. The minimum Gasteiger partial charge on any atom is -0.462 e. The van der Waals surface area contributed by atoms with Crippen LogP contribution in [0.3, 0.4) is 0 Å². The molecule has 0 amide bonds. The summed E-state index contributed by atoms with van der Waals surface area (Å²) in [6.45, 7) is 5.95. The fraction of sp³-hybridized carbons (Fsp3) is 0.212. The number of nitrogens with zero attached hydrogens (tertiary/aromatic N) is 1. The van der Waals surface area contributed by atoms with Crippen molar-refractivity contribution in [3.63, 3.8) is 0 Å². The van der Waals surface area contributed by atoms with Crippen LogP contribution < -0.4 is 10.7 Å². The number of nitrogens with one attached hydrogen (secondary N) is 1. The molecule has 9 heteroatoms. The number of pyridine rings is 1. The Labute approximate surface area is 253 Å². The van der Waals surface area contributed by atoms with Gasteiger partial charge in [0.2, 0.25) is 5.43 Å². The molecule has 0 unspecified atom stereocenters. The van der Waals surface area contributed by atoms with E-state index in [1.807, 2.05) is 60.7 Å². The maximum absolute atomic E-state index is 14.7. The number of esters is 1. The van der Waals surface area contributed by atoms with Crippen LogP contribution >= 0.6 is 23.7 Å². The molecule has 0 aliphatic carbocycles. The third-order valence-electron chi connectivity index (χ3n) is 7.13. The molecule has 0 aliphatic rings. The van der Waals surface area contributed by atoms with Crippen molar-refractivity contribution in [2.24, 2.45) is 0 Å². The molecule has 0 atom stereocenters. The molecular weight excluding hydrogens is 578 g/mol. The summed E-state index contributed by atoms with van der Waals surface area (Å²) in [5.74, 6) is -2.19. The first-order chi connectivity index (χ1) is 19.7. The zero-order valence-corrected chi connectivity index (χ0v) is 25.1. The molecule has 2 aromatic heterocycles. The number of aromatic nitrogens is 1. The Morgan fingerprint density at radius 1 is 0.929 bits per heavy atom. The number of carbonyl (C=O) groups excluding carboxylic acids is 1. The third kappa shape index (κ3) is 6.16. The fourth-order valence-corrected chi connectivity index (χ4v) is 6.18. The van der Waals surface area contributed by atoms with E-state index in [-0.39, 0.29) is 36.7 Å². The van der Waals surface area contributed by atoms with Crippen LogP contribution in [0.2, 0.25) is 0 Å². The lowest BCUT2D eigenvalue weighted by atomic mass is 9.93. The number of thiophene rings is 1. The van der Waals surface area contributed by atoms with Gasteiger partial charge in [-0.25, -0.2) is 13.6 Å². The molecule has 0 spiro atoms. The largest absolute Gasteiger partial charge is 0.462 e. The zero-order chi connectivity index (χ0) is 29.1. The molecule has 3 aromatic carbocycles. The number of benzene rings is 3. The Bertz CT molecular complexity index is 1750. The molecule has 5 rings (SSSR count). The van der Waals surface area contributed by atoms with Crippen molar-refractivity contribution in [3.05, 3.63) is 129 Å². The van der Waals surface area contributed by atoms with E-state index in [0.717, 1.165) is 16.0 Å². The van der Waals surface area contributed by atoms with Crippen molar-refractivity contribution < 1.29 is 18.3 Å². The predicted molar refractivity (Wildman–Crippen MR) is 166 cm³/mol. The topological polar surface area (TPSA) is 60.3 Å². The molecular formula is C33H31ClF2N2O3S. The number of carbonyl (C=O) groups is 1. The van der Waals surface area contributed by atoms with E-state index in [4.69, 9.17) is 4.74 Å². The molecule has 0 radical (unpaired) electrons. The summed E-state index contributed by atoms with van der Waals surface area (Å²) in [6.07, 6.45) is 1.35. The van der Waals surface area contributed by atoms with Crippen molar-refractivity contribution in [2.45, 2.75) is 39.4 Å². The first-order valence-corrected chi connectivity index (χ1v) is 14.2. The van der Waals surface area contributed by atoms with Gasteiger partial charge in [-0.15, -0.1) is 23.7 Å². The first kappa shape index (κ1) is 31.1. The van der Waals surface area contributed by atoms with Crippen LogP contribution in [0, 0.1) is 11.6 Å². The molecule has 42 heavy (non-hydrogen) atoms. The maximum Gasteiger partial charge on any atom is 0.343 e. The minimum atomic E-state index is -0.779. The highest BCUT2D eigenvalue weighted by Crippen LogP contribution is 2.38. The van der Waals surface area contributed by atoms with Crippen LogP contribution in [0.15, 0.2) is 89.9 Å². The highest BCUT2D eigenvalue weighted by atomic mass is 35.5. The van der Waals surface area contributed by atoms with E-state index in [1.54, 1.807) is 11.5 Å². The van der Waals surface area contributed by atoms with Gasteiger partial charge in [-0.2, -0.15) is 0 Å². The predicted octanol–water partition coefficient (Wildman–Crippen LogP) is 7.68. The van der Waals surface area contributed by atoms with E-state index in [1.165, 1.54) is 35.7 Å². The van der Waals surface area contributed by atoms with Crippen molar-refractivity contribution in [1.29, 1.82) is 0 Å². The summed E-state index contributed by atoms with van der Waals surface area (Å²) < 4.78 is 36.3. The van der Waals surface area contributed by atoms with Crippen LogP contribution in [-0.4, -0.2) is 17.1 Å². The van der Waals surface area contributed by atoms with Crippen molar-refractivity contribution in [1.82, 2.24) is 9.88 Å². The van der Waals surface area contributed by atoms with Gasteiger partial charge in [0.1, 0.15) is 22.0 Å².